The monoisotopic (exact) mass is 199 g/mol. The third-order valence-electron chi connectivity index (χ3n) is 2.55. The van der Waals surface area contributed by atoms with E-state index >= 15 is 0 Å². The van der Waals surface area contributed by atoms with Gasteiger partial charge in [0.15, 0.2) is 0 Å². The Bertz CT molecular complexity index is 296. The maximum Gasteiger partial charge on any atom is 0.138 e. The fourth-order valence-corrected chi connectivity index (χ4v) is 1.20. The second kappa shape index (κ2) is 4.06. The molecule has 0 aliphatic carbocycles. The lowest BCUT2D eigenvalue weighted by molar-refractivity contribution is -0.0730. The van der Waals surface area contributed by atoms with Crippen LogP contribution in [0.4, 0.5) is 0 Å². The summed E-state index contributed by atoms with van der Waals surface area (Å²) in [4.78, 5) is 4.05. The summed E-state index contributed by atoms with van der Waals surface area (Å²) in [5.74, 6) is 0.749. The van der Waals surface area contributed by atoms with Gasteiger partial charge in [0.1, 0.15) is 12.2 Å². The quantitative estimate of drug-likeness (QED) is 0.749. The molecule has 1 aromatic rings. The van der Waals surface area contributed by atoms with Crippen molar-refractivity contribution in [3.05, 3.63) is 12.2 Å². The molecular weight excluding hydrogens is 182 g/mol. The van der Waals surface area contributed by atoms with Gasteiger partial charge in [-0.15, -0.1) is 0 Å². The van der Waals surface area contributed by atoms with Gasteiger partial charge in [0.25, 0.3) is 0 Å². The molecule has 0 amide bonds. The molecule has 0 spiro atoms. The summed E-state index contributed by atoms with van der Waals surface area (Å²) in [5, 5.41) is 14.0. The third kappa shape index (κ3) is 2.30. The number of methoxy groups -OCH3 is 1. The van der Waals surface area contributed by atoms with Gasteiger partial charge in [-0.1, -0.05) is 0 Å². The van der Waals surface area contributed by atoms with Gasteiger partial charge in [-0.3, -0.25) is 4.68 Å². The van der Waals surface area contributed by atoms with E-state index in [9.17, 15) is 5.11 Å². The van der Waals surface area contributed by atoms with Crippen LogP contribution in [0.25, 0.3) is 0 Å². The highest BCUT2D eigenvalue weighted by Crippen LogP contribution is 2.17. The fourth-order valence-electron chi connectivity index (χ4n) is 1.20. The van der Waals surface area contributed by atoms with Crippen LogP contribution in [0, 0.1) is 0 Å². The highest BCUT2D eigenvalue weighted by molar-refractivity contribution is 4.94. The molecule has 0 fully saturated rings. The molecule has 1 N–H and O–H groups in total. The number of rotatable bonds is 4. The Morgan fingerprint density at radius 3 is 2.79 bits per heavy atom. The highest BCUT2D eigenvalue weighted by atomic mass is 16.5. The summed E-state index contributed by atoms with van der Waals surface area (Å²) in [6.07, 6.45) is 1.67. The van der Waals surface area contributed by atoms with Gasteiger partial charge < -0.3 is 9.84 Å². The average molecular weight is 199 g/mol. The Morgan fingerprint density at radius 2 is 2.36 bits per heavy atom. The number of hydrogen-bond donors (Lipinski definition) is 1. The molecule has 1 heterocycles. The Morgan fingerprint density at radius 1 is 1.71 bits per heavy atom. The van der Waals surface area contributed by atoms with Crippen molar-refractivity contribution in [1.82, 2.24) is 14.8 Å². The topological polar surface area (TPSA) is 60.2 Å². The zero-order chi connectivity index (χ0) is 10.8. The molecule has 2 unspecified atom stereocenters. The number of ether oxygens (including phenoxy) is 1. The lowest BCUT2D eigenvalue weighted by atomic mass is 9.96. The van der Waals surface area contributed by atoms with Gasteiger partial charge >= 0.3 is 0 Å². The molecule has 1 rings (SSSR count). The summed E-state index contributed by atoms with van der Waals surface area (Å²) in [5.41, 5.74) is -0.921. The molecule has 2 atom stereocenters. The highest BCUT2D eigenvalue weighted by Gasteiger charge is 2.30. The maximum absolute atomic E-state index is 10.1. The van der Waals surface area contributed by atoms with Crippen LogP contribution in [0.3, 0.4) is 0 Å². The van der Waals surface area contributed by atoms with E-state index in [0.717, 1.165) is 5.82 Å². The van der Waals surface area contributed by atoms with E-state index in [4.69, 9.17) is 4.74 Å². The molecule has 0 bridgehead atoms. The molecule has 0 aliphatic rings. The summed E-state index contributed by atoms with van der Waals surface area (Å²) in [7, 11) is 3.38. The molecule has 5 heteroatoms. The van der Waals surface area contributed by atoms with E-state index in [0.29, 0.717) is 6.42 Å². The molecule has 80 valence electrons. The largest absolute Gasteiger partial charge is 0.387 e. The zero-order valence-electron chi connectivity index (χ0n) is 9.06. The van der Waals surface area contributed by atoms with Gasteiger partial charge in [0, 0.05) is 20.6 Å². The first-order valence-corrected chi connectivity index (χ1v) is 4.55. The van der Waals surface area contributed by atoms with Gasteiger partial charge in [0.05, 0.1) is 11.7 Å². The molecule has 5 nitrogen and oxygen atoms in total. The molecule has 0 aliphatic heterocycles. The van der Waals surface area contributed by atoms with Gasteiger partial charge in [-0.2, -0.15) is 5.10 Å². The summed E-state index contributed by atoms with van der Waals surface area (Å²) in [6.45, 7) is 3.56. The molecule has 1 aromatic heterocycles. The Balaban J connectivity index is 2.73. The minimum absolute atomic E-state index is 0.237. The first-order valence-electron chi connectivity index (χ1n) is 4.55. The Hall–Kier alpha value is -0.940. The predicted octanol–water partition coefficient (Wildman–Crippen LogP) is 0.143. The molecular formula is C9H17N3O2. The number of aliphatic hydroxyl groups is 1. The van der Waals surface area contributed by atoms with Crippen LogP contribution in [0.5, 0.6) is 0 Å². The van der Waals surface area contributed by atoms with Crippen molar-refractivity contribution in [2.45, 2.75) is 32.0 Å². The predicted molar refractivity (Wildman–Crippen MR) is 51.8 cm³/mol. The van der Waals surface area contributed by atoms with Crippen LogP contribution in [-0.4, -0.2) is 38.7 Å². The van der Waals surface area contributed by atoms with Crippen molar-refractivity contribution in [2.24, 2.45) is 7.05 Å². The van der Waals surface area contributed by atoms with E-state index in [1.54, 1.807) is 25.8 Å². The number of aryl methyl sites for hydroxylation is 1. The van der Waals surface area contributed by atoms with Crippen molar-refractivity contribution in [3.8, 4) is 0 Å². The molecule has 0 saturated heterocycles. The minimum atomic E-state index is -0.921. The smallest absolute Gasteiger partial charge is 0.138 e. The fraction of sp³-hybridized carbons (Fsp3) is 0.778. The first kappa shape index (κ1) is 11.1. The SMILES string of the molecule is COC(C)C(C)(O)Cc1ncnn1C. The van der Waals surface area contributed by atoms with Crippen molar-refractivity contribution >= 4 is 0 Å². The van der Waals surface area contributed by atoms with Crippen molar-refractivity contribution < 1.29 is 9.84 Å². The maximum atomic E-state index is 10.1. The van der Waals surface area contributed by atoms with E-state index in [2.05, 4.69) is 10.1 Å². The summed E-state index contributed by atoms with van der Waals surface area (Å²) >= 11 is 0. The van der Waals surface area contributed by atoms with Crippen LogP contribution in [-0.2, 0) is 18.2 Å². The lowest BCUT2D eigenvalue weighted by Crippen LogP contribution is -2.41. The lowest BCUT2D eigenvalue weighted by Gasteiger charge is -2.28. The normalized spacial score (nSPS) is 17.8. The average Bonchev–Trinajstić information content (AvgIpc) is 2.50. The molecule has 0 aromatic carbocycles. The molecule has 0 radical (unpaired) electrons. The number of nitrogens with zero attached hydrogens (tertiary/aromatic N) is 3. The third-order valence-corrected chi connectivity index (χ3v) is 2.55. The second-order valence-electron chi connectivity index (χ2n) is 3.71. The summed E-state index contributed by atoms with van der Waals surface area (Å²) < 4.78 is 6.75. The van der Waals surface area contributed by atoms with Crippen molar-refractivity contribution in [3.63, 3.8) is 0 Å². The minimum Gasteiger partial charge on any atom is -0.387 e. The summed E-state index contributed by atoms with van der Waals surface area (Å²) in [6, 6.07) is 0. The van der Waals surface area contributed by atoms with Gasteiger partial charge in [-0.25, -0.2) is 4.98 Å². The molecule has 14 heavy (non-hydrogen) atoms. The number of hydrogen-bond acceptors (Lipinski definition) is 4. The van der Waals surface area contributed by atoms with E-state index in [1.807, 2.05) is 6.92 Å². The second-order valence-corrected chi connectivity index (χ2v) is 3.71. The van der Waals surface area contributed by atoms with Crippen LogP contribution in [0.1, 0.15) is 19.7 Å². The van der Waals surface area contributed by atoms with Crippen LogP contribution >= 0.6 is 0 Å². The van der Waals surface area contributed by atoms with Crippen molar-refractivity contribution in [2.75, 3.05) is 7.11 Å². The van der Waals surface area contributed by atoms with E-state index in [-0.39, 0.29) is 6.10 Å². The number of aromatic nitrogens is 3. The first-order chi connectivity index (χ1) is 6.47. The standard InChI is InChI=1S/C9H17N3O2/c1-7(14-4)9(2,13)5-8-10-6-11-12(8)3/h6-7,13H,5H2,1-4H3. The van der Waals surface area contributed by atoms with E-state index < -0.39 is 5.60 Å². The van der Waals surface area contributed by atoms with Crippen LogP contribution < -0.4 is 0 Å². The van der Waals surface area contributed by atoms with Gasteiger partial charge in [-0.05, 0) is 13.8 Å². The van der Waals surface area contributed by atoms with Gasteiger partial charge in [0.2, 0.25) is 0 Å². The van der Waals surface area contributed by atoms with Crippen LogP contribution in [0.2, 0.25) is 0 Å². The molecule has 0 saturated carbocycles. The zero-order valence-corrected chi connectivity index (χ0v) is 9.06. The Kier molecular flexibility index (Phi) is 3.23. The van der Waals surface area contributed by atoms with Crippen molar-refractivity contribution in [1.29, 1.82) is 0 Å². The van der Waals surface area contributed by atoms with Crippen LogP contribution in [0.15, 0.2) is 6.33 Å². The van der Waals surface area contributed by atoms with E-state index in [1.165, 1.54) is 6.33 Å². The Labute approximate surface area is 83.7 Å².